The van der Waals surface area contributed by atoms with Crippen LogP contribution >= 0.6 is 22.9 Å². The molecule has 4 aromatic rings. The molecule has 0 aliphatic rings. The third-order valence-electron chi connectivity index (χ3n) is 4.75. The number of aliphatic carboxylic acids is 1. The Hall–Kier alpha value is -2.51. The number of aromatic nitrogens is 1. The number of carboxylic acids is 1. The highest BCUT2D eigenvalue weighted by Gasteiger charge is 2.31. The van der Waals surface area contributed by atoms with E-state index in [4.69, 9.17) is 11.6 Å². The fourth-order valence-electron chi connectivity index (χ4n) is 3.53. The molecule has 8 heteroatoms. The molecule has 0 saturated carbocycles. The molecule has 0 amide bonds. The number of carbonyl (C=O) groups is 1. The fourth-order valence-corrected chi connectivity index (χ4v) is 4.63. The Kier molecular flexibility index (Phi) is 4.39. The average Bonchev–Trinajstić information content (AvgIpc) is 3.13. The third-order valence-corrected chi connectivity index (χ3v) is 5.95. The van der Waals surface area contributed by atoms with Gasteiger partial charge in [0.15, 0.2) is 0 Å². The molecule has 0 atom stereocenters. The normalized spacial score (nSPS) is 12.2. The smallest absolute Gasteiger partial charge is 0.416 e. The monoisotopic (exact) mass is 423 g/mol. The maximum absolute atomic E-state index is 13.2. The zero-order chi connectivity index (χ0) is 20.2. The Balaban J connectivity index is 2.04. The molecule has 0 radical (unpaired) electrons. The van der Waals surface area contributed by atoms with Gasteiger partial charge >= 0.3 is 12.1 Å². The minimum absolute atomic E-state index is 0.265. The fraction of sp³-hybridized carbons (Fsp3) is 0.150. The molecule has 4 rings (SSSR count). The number of nitrogens with zero attached hydrogens (tertiary/aromatic N) is 1. The van der Waals surface area contributed by atoms with E-state index in [-0.39, 0.29) is 6.54 Å². The second-order valence-corrected chi connectivity index (χ2v) is 7.81. The first-order valence-electron chi connectivity index (χ1n) is 8.26. The maximum atomic E-state index is 13.2. The lowest BCUT2D eigenvalue weighted by Gasteiger charge is -2.08. The van der Waals surface area contributed by atoms with E-state index in [9.17, 15) is 23.1 Å². The Labute approximate surface area is 166 Å². The van der Waals surface area contributed by atoms with Crippen LogP contribution in [0.1, 0.15) is 11.3 Å². The molecule has 28 heavy (non-hydrogen) atoms. The topological polar surface area (TPSA) is 42.2 Å². The zero-order valence-electron chi connectivity index (χ0n) is 14.5. The van der Waals surface area contributed by atoms with Gasteiger partial charge in [0.25, 0.3) is 0 Å². The van der Waals surface area contributed by atoms with Crippen molar-refractivity contribution in [2.75, 3.05) is 0 Å². The van der Waals surface area contributed by atoms with Gasteiger partial charge in [0.2, 0.25) is 0 Å². The number of alkyl halides is 3. The van der Waals surface area contributed by atoms with Gasteiger partial charge in [-0.2, -0.15) is 13.2 Å². The molecule has 3 nitrogen and oxygen atoms in total. The van der Waals surface area contributed by atoms with Gasteiger partial charge in [-0.3, -0.25) is 4.79 Å². The summed E-state index contributed by atoms with van der Waals surface area (Å²) in [6, 6.07) is 8.82. The summed E-state index contributed by atoms with van der Waals surface area (Å²) in [5, 5.41) is 12.8. The second kappa shape index (κ2) is 6.53. The number of halogens is 4. The van der Waals surface area contributed by atoms with Gasteiger partial charge in [-0.15, -0.1) is 11.3 Å². The second-order valence-electron chi connectivity index (χ2n) is 6.46. The van der Waals surface area contributed by atoms with Gasteiger partial charge in [0, 0.05) is 37.3 Å². The lowest BCUT2D eigenvalue weighted by molar-refractivity contribution is -0.138. The molecule has 0 aliphatic heterocycles. The quantitative estimate of drug-likeness (QED) is 0.404. The first-order valence-corrected chi connectivity index (χ1v) is 9.51. The molecular weight excluding hydrogens is 411 g/mol. The lowest BCUT2D eigenvalue weighted by atomic mass is 10.0. The van der Waals surface area contributed by atoms with Crippen molar-refractivity contribution in [1.29, 1.82) is 0 Å². The SMILES string of the molecule is Cc1c(-c2csc3ccc(C(F)(F)F)cc23)c2ccc(Cl)cc2n1CC(=O)O. The molecule has 0 unspecified atom stereocenters. The Morgan fingerprint density at radius 2 is 1.93 bits per heavy atom. The van der Waals surface area contributed by atoms with Crippen molar-refractivity contribution in [2.24, 2.45) is 0 Å². The van der Waals surface area contributed by atoms with E-state index in [2.05, 4.69) is 0 Å². The first kappa shape index (κ1) is 18.8. The van der Waals surface area contributed by atoms with Crippen molar-refractivity contribution >= 4 is 49.9 Å². The van der Waals surface area contributed by atoms with Crippen LogP contribution in [0.5, 0.6) is 0 Å². The van der Waals surface area contributed by atoms with Crippen LogP contribution in [0.4, 0.5) is 13.2 Å². The Morgan fingerprint density at radius 3 is 2.61 bits per heavy atom. The van der Waals surface area contributed by atoms with Crippen LogP contribution in [-0.2, 0) is 17.5 Å². The van der Waals surface area contributed by atoms with Gasteiger partial charge in [-0.1, -0.05) is 17.7 Å². The van der Waals surface area contributed by atoms with Crippen molar-refractivity contribution in [3.05, 3.63) is 58.1 Å². The van der Waals surface area contributed by atoms with E-state index in [1.807, 2.05) is 5.38 Å². The van der Waals surface area contributed by atoms with Crippen LogP contribution in [0, 0.1) is 6.92 Å². The average molecular weight is 424 g/mol. The summed E-state index contributed by atoms with van der Waals surface area (Å²) < 4.78 is 42.0. The molecule has 144 valence electrons. The highest BCUT2D eigenvalue weighted by molar-refractivity contribution is 7.17. The van der Waals surface area contributed by atoms with E-state index >= 15 is 0 Å². The van der Waals surface area contributed by atoms with Crippen molar-refractivity contribution < 1.29 is 23.1 Å². The molecular formula is C20H13ClF3NO2S. The zero-order valence-corrected chi connectivity index (χ0v) is 16.0. The van der Waals surface area contributed by atoms with Crippen LogP contribution in [0.3, 0.4) is 0 Å². The van der Waals surface area contributed by atoms with Crippen LogP contribution in [0.25, 0.3) is 32.1 Å². The van der Waals surface area contributed by atoms with Crippen molar-refractivity contribution in [1.82, 2.24) is 4.57 Å². The number of hydrogen-bond donors (Lipinski definition) is 1. The van der Waals surface area contributed by atoms with Crippen LogP contribution in [0.2, 0.25) is 5.02 Å². The van der Waals surface area contributed by atoms with Gasteiger partial charge in [-0.25, -0.2) is 0 Å². The van der Waals surface area contributed by atoms with E-state index < -0.39 is 17.7 Å². The van der Waals surface area contributed by atoms with Crippen molar-refractivity contribution in [2.45, 2.75) is 19.6 Å². The molecule has 0 bridgehead atoms. The minimum atomic E-state index is -4.44. The summed E-state index contributed by atoms with van der Waals surface area (Å²) in [7, 11) is 0. The minimum Gasteiger partial charge on any atom is -0.480 e. The number of hydrogen-bond acceptors (Lipinski definition) is 2. The predicted octanol–water partition coefficient (Wildman–Crippen LogP) is 6.59. The summed E-state index contributed by atoms with van der Waals surface area (Å²) >= 11 is 7.45. The van der Waals surface area contributed by atoms with E-state index in [1.165, 1.54) is 17.4 Å². The third kappa shape index (κ3) is 3.04. The molecule has 0 aliphatic carbocycles. The van der Waals surface area contributed by atoms with Gasteiger partial charge < -0.3 is 9.67 Å². The standard InChI is InChI=1S/C20H13ClF3NO2S/c1-10-19(13-4-3-12(21)7-16(13)25(10)8-18(26)27)15-9-28-17-5-2-11(6-14(15)17)20(22,23)24/h2-7,9H,8H2,1H3,(H,26,27). The number of rotatable bonds is 3. The summed E-state index contributed by atoms with van der Waals surface area (Å²) in [4.78, 5) is 11.3. The summed E-state index contributed by atoms with van der Waals surface area (Å²) in [6.45, 7) is 1.50. The largest absolute Gasteiger partial charge is 0.480 e. The van der Waals surface area contributed by atoms with E-state index in [0.29, 0.717) is 27.2 Å². The van der Waals surface area contributed by atoms with Gasteiger partial charge in [0.05, 0.1) is 11.1 Å². The first-order chi connectivity index (χ1) is 13.2. The number of benzene rings is 2. The molecule has 2 aromatic carbocycles. The molecule has 0 fully saturated rings. The summed E-state index contributed by atoms with van der Waals surface area (Å²) in [6.07, 6.45) is -4.44. The Morgan fingerprint density at radius 1 is 1.18 bits per heavy atom. The highest BCUT2D eigenvalue weighted by atomic mass is 35.5. The molecule has 0 spiro atoms. The van der Waals surface area contributed by atoms with Crippen molar-refractivity contribution in [3.8, 4) is 11.1 Å². The van der Waals surface area contributed by atoms with E-state index in [0.717, 1.165) is 27.8 Å². The lowest BCUT2D eigenvalue weighted by Crippen LogP contribution is -2.09. The van der Waals surface area contributed by atoms with Crippen LogP contribution in [0.15, 0.2) is 41.8 Å². The molecule has 0 saturated heterocycles. The van der Waals surface area contributed by atoms with Gasteiger partial charge in [0.1, 0.15) is 6.54 Å². The number of thiophene rings is 1. The number of fused-ring (bicyclic) bond motifs is 2. The van der Waals surface area contributed by atoms with Gasteiger partial charge in [-0.05, 0) is 42.6 Å². The summed E-state index contributed by atoms with van der Waals surface area (Å²) in [5.74, 6) is -1.01. The predicted molar refractivity (Wildman–Crippen MR) is 105 cm³/mol. The molecule has 2 aromatic heterocycles. The van der Waals surface area contributed by atoms with Crippen molar-refractivity contribution in [3.63, 3.8) is 0 Å². The number of carboxylic acid groups (broad SMARTS) is 1. The Bertz CT molecular complexity index is 1240. The molecule has 1 N–H and O–H groups in total. The molecule has 2 heterocycles. The van der Waals surface area contributed by atoms with Crippen LogP contribution in [-0.4, -0.2) is 15.6 Å². The maximum Gasteiger partial charge on any atom is 0.416 e. The summed E-state index contributed by atoms with van der Waals surface area (Å²) in [5.41, 5.74) is 1.96. The van der Waals surface area contributed by atoms with Crippen LogP contribution < -0.4 is 0 Å². The highest BCUT2D eigenvalue weighted by Crippen LogP contribution is 2.43. The van der Waals surface area contributed by atoms with E-state index in [1.54, 1.807) is 29.7 Å².